The molecule has 0 unspecified atom stereocenters. The molecule has 0 fully saturated rings. The van der Waals surface area contributed by atoms with Gasteiger partial charge in [0.05, 0.1) is 22.0 Å². The molecule has 0 amide bonds. The Kier molecular flexibility index (Phi) is 6.90. The molecule has 4 aromatic carbocycles. The van der Waals surface area contributed by atoms with E-state index in [1.165, 1.54) is 0 Å². The second-order valence-electron chi connectivity index (χ2n) is 7.76. The Morgan fingerprint density at radius 2 is 1.38 bits per heavy atom. The molecule has 7 heteroatoms. The first kappa shape index (κ1) is 23.0. The molecule has 0 saturated heterocycles. The number of para-hydroxylation sites is 1. The Labute approximate surface area is 204 Å². The molecule has 34 heavy (non-hydrogen) atoms. The van der Waals surface area contributed by atoms with Crippen molar-refractivity contribution in [1.29, 1.82) is 0 Å². The van der Waals surface area contributed by atoms with Crippen LogP contribution in [-0.4, -0.2) is 15.0 Å². The molecule has 0 aliphatic carbocycles. The zero-order valence-corrected chi connectivity index (χ0v) is 19.6. The summed E-state index contributed by atoms with van der Waals surface area (Å²) in [5, 5.41) is 18.5. The fourth-order valence-corrected chi connectivity index (χ4v) is 3.58. The minimum absolute atomic E-state index is 0. The van der Waals surface area contributed by atoms with E-state index in [1.807, 2.05) is 127 Å². The van der Waals surface area contributed by atoms with E-state index in [0.29, 0.717) is 5.82 Å². The molecule has 5 aromatic rings. The van der Waals surface area contributed by atoms with Crippen LogP contribution in [0, 0.1) is 13.8 Å². The fraction of sp³-hybridized carbons (Fsp3) is 0.0741. The second kappa shape index (κ2) is 10.2. The van der Waals surface area contributed by atoms with Gasteiger partial charge in [0.1, 0.15) is 5.69 Å². The lowest BCUT2D eigenvalue weighted by Crippen LogP contribution is -3.00. The van der Waals surface area contributed by atoms with Crippen molar-refractivity contribution < 1.29 is 17.2 Å². The number of rotatable bonds is 5. The zero-order valence-electron chi connectivity index (χ0n) is 18.9. The van der Waals surface area contributed by atoms with Gasteiger partial charge in [-0.3, -0.25) is 0 Å². The molecule has 0 saturated carbocycles. The van der Waals surface area contributed by atoms with Crippen molar-refractivity contribution >= 4 is 11.4 Å². The maximum atomic E-state index is 4.84. The van der Waals surface area contributed by atoms with Gasteiger partial charge in [0.2, 0.25) is 0 Å². The highest BCUT2D eigenvalue weighted by atomic mass is 35.5. The van der Waals surface area contributed by atoms with Gasteiger partial charge in [0.15, 0.2) is 5.69 Å². The van der Waals surface area contributed by atoms with E-state index in [-0.39, 0.29) is 12.4 Å². The number of tetrazole rings is 1. The van der Waals surface area contributed by atoms with Crippen LogP contribution in [0.3, 0.4) is 0 Å². The van der Waals surface area contributed by atoms with Crippen LogP contribution in [0.15, 0.2) is 113 Å². The van der Waals surface area contributed by atoms with Gasteiger partial charge in [0, 0.05) is 4.80 Å². The first-order chi connectivity index (χ1) is 16.2. The molecule has 0 bridgehead atoms. The van der Waals surface area contributed by atoms with Crippen molar-refractivity contribution in [1.82, 2.24) is 15.0 Å². The molecular formula is C27H23ClN6. The van der Waals surface area contributed by atoms with Crippen LogP contribution in [-0.2, 0) is 0 Å². The summed E-state index contributed by atoms with van der Waals surface area (Å²) in [4.78, 5) is 3.65. The predicted molar refractivity (Wildman–Crippen MR) is 128 cm³/mol. The van der Waals surface area contributed by atoms with E-state index >= 15 is 0 Å². The molecule has 0 radical (unpaired) electrons. The van der Waals surface area contributed by atoms with E-state index < -0.39 is 0 Å². The number of halogens is 1. The van der Waals surface area contributed by atoms with Crippen LogP contribution in [0.4, 0.5) is 11.4 Å². The predicted octanol–water partition coefficient (Wildman–Crippen LogP) is 3.25. The van der Waals surface area contributed by atoms with Crippen molar-refractivity contribution in [2.45, 2.75) is 13.8 Å². The van der Waals surface area contributed by atoms with Crippen LogP contribution in [0.2, 0.25) is 0 Å². The van der Waals surface area contributed by atoms with Crippen molar-refractivity contribution in [2.75, 3.05) is 0 Å². The van der Waals surface area contributed by atoms with E-state index in [4.69, 9.17) is 10.2 Å². The quantitative estimate of drug-likeness (QED) is 0.295. The summed E-state index contributed by atoms with van der Waals surface area (Å²) in [6, 6.07) is 33.9. The van der Waals surface area contributed by atoms with Gasteiger partial charge in [-0.05, 0) is 83.4 Å². The van der Waals surface area contributed by atoms with Gasteiger partial charge < -0.3 is 12.4 Å². The number of azo groups is 1. The highest BCUT2D eigenvalue weighted by Crippen LogP contribution is 2.25. The largest absolute Gasteiger partial charge is 1.00 e. The first-order valence-electron chi connectivity index (χ1n) is 10.8. The topological polar surface area (TPSA) is 59.3 Å². The van der Waals surface area contributed by atoms with Crippen LogP contribution >= 0.6 is 0 Å². The Morgan fingerprint density at radius 1 is 0.706 bits per heavy atom. The smallest absolute Gasteiger partial charge is 0.340 e. The van der Waals surface area contributed by atoms with Crippen LogP contribution in [0.5, 0.6) is 0 Å². The number of benzene rings is 4. The third kappa shape index (κ3) is 4.77. The third-order valence-corrected chi connectivity index (χ3v) is 5.36. The monoisotopic (exact) mass is 466 g/mol. The lowest BCUT2D eigenvalue weighted by atomic mass is 10.2. The van der Waals surface area contributed by atoms with E-state index in [0.717, 1.165) is 39.4 Å². The molecular weight excluding hydrogens is 444 g/mol. The normalized spacial score (nSPS) is 10.9. The van der Waals surface area contributed by atoms with Gasteiger partial charge in [-0.2, -0.15) is 10.2 Å². The molecule has 5 rings (SSSR count). The molecule has 1 heterocycles. The molecule has 1 aromatic heterocycles. The van der Waals surface area contributed by atoms with Gasteiger partial charge in [0.25, 0.3) is 0 Å². The number of nitrogens with zero attached hydrogens (tertiary/aromatic N) is 6. The van der Waals surface area contributed by atoms with Crippen LogP contribution in [0.1, 0.15) is 11.1 Å². The van der Waals surface area contributed by atoms with Crippen LogP contribution in [0.25, 0.3) is 22.8 Å². The summed E-state index contributed by atoms with van der Waals surface area (Å²) >= 11 is 0. The second-order valence-corrected chi connectivity index (χ2v) is 7.76. The molecule has 0 aliphatic rings. The maximum Gasteiger partial charge on any atom is 0.340 e. The average molecular weight is 467 g/mol. The number of aromatic nitrogens is 4. The summed E-state index contributed by atoms with van der Waals surface area (Å²) in [6.45, 7) is 4.07. The third-order valence-electron chi connectivity index (χ3n) is 5.36. The number of aryl methyl sites for hydroxylation is 2. The molecule has 0 aliphatic heterocycles. The van der Waals surface area contributed by atoms with Crippen molar-refractivity contribution in [2.24, 2.45) is 10.2 Å². The number of hydrogen-bond donors (Lipinski definition) is 0. The van der Waals surface area contributed by atoms with E-state index in [2.05, 4.69) is 10.2 Å². The van der Waals surface area contributed by atoms with Gasteiger partial charge in [-0.1, -0.05) is 54.6 Å². The van der Waals surface area contributed by atoms with E-state index in [1.54, 1.807) is 0 Å². The Morgan fingerprint density at radius 3 is 2.09 bits per heavy atom. The molecule has 6 nitrogen and oxygen atoms in total. The van der Waals surface area contributed by atoms with Gasteiger partial charge >= 0.3 is 5.82 Å². The van der Waals surface area contributed by atoms with Crippen LogP contribution < -0.4 is 17.2 Å². The zero-order chi connectivity index (χ0) is 22.6. The lowest BCUT2D eigenvalue weighted by Gasteiger charge is -2.04. The van der Waals surface area contributed by atoms with E-state index in [9.17, 15) is 0 Å². The first-order valence-corrected chi connectivity index (χ1v) is 10.8. The van der Waals surface area contributed by atoms with Gasteiger partial charge in [-0.15, -0.1) is 0 Å². The van der Waals surface area contributed by atoms with Crippen molar-refractivity contribution in [3.63, 3.8) is 0 Å². The van der Waals surface area contributed by atoms with Gasteiger partial charge in [-0.25, -0.2) is 0 Å². The fourth-order valence-electron chi connectivity index (χ4n) is 3.58. The molecule has 0 N–H and O–H groups in total. The van der Waals surface area contributed by atoms with Crippen molar-refractivity contribution in [3.05, 3.63) is 114 Å². The maximum absolute atomic E-state index is 4.84. The highest BCUT2D eigenvalue weighted by molar-refractivity contribution is 5.54. The average Bonchev–Trinajstić information content (AvgIpc) is 3.30. The Hall–Kier alpha value is -4.16. The summed E-state index contributed by atoms with van der Waals surface area (Å²) < 4.78 is 0. The standard InChI is InChI=1S/C27H23N6.ClH/c1-20-11-9-10-16-25(20)29-28-23-17-18-26(21(2)19-23)33-31-27(22-12-5-3-6-13-22)30-32(33)24-14-7-4-8-15-24;/h3-19H,1-2H3;1H/q+1;/p-1. The summed E-state index contributed by atoms with van der Waals surface area (Å²) in [6.07, 6.45) is 0. The summed E-state index contributed by atoms with van der Waals surface area (Å²) in [7, 11) is 0. The minimum atomic E-state index is 0. The summed E-state index contributed by atoms with van der Waals surface area (Å²) in [5.41, 5.74) is 6.57. The molecule has 0 spiro atoms. The SMILES string of the molecule is Cc1ccccc1N=Nc1ccc(-n2nc(-c3ccccc3)n[n+]2-c2ccccc2)c(C)c1.[Cl-]. The highest BCUT2D eigenvalue weighted by Gasteiger charge is 2.24. The number of hydrogen-bond acceptors (Lipinski definition) is 4. The minimum Gasteiger partial charge on any atom is -1.00 e. The lowest BCUT2D eigenvalue weighted by molar-refractivity contribution is -0.734. The summed E-state index contributed by atoms with van der Waals surface area (Å²) in [5.74, 6) is 0.655. The van der Waals surface area contributed by atoms with Crippen molar-refractivity contribution in [3.8, 4) is 22.8 Å². The Balaban J connectivity index is 0.00000274. The molecule has 168 valence electrons. The molecule has 0 atom stereocenters. The Bertz CT molecular complexity index is 1430.